The van der Waals surface area contributed by atoms with E-state index in [9.17, 15) is 0 Å². The van der Waals surface area contributed by atoms with Gasteiger partial charge in [-0.05, 0) is 25.0 Å². The summed E-state index contributed by atoms with van der Waals surface area (Å²) >= 11 is 1.66. The quantitative estimate of drug-likeness (QED) is 0.619. The van der Waals surface area contributed by atoms with Gasteiger partial charge in [-0.2, -0.15) is 5.10 Å². The summed E-state index contributed by atoms with van der Waals surface area (Å²) < 4.78 is 1.96. The monoisotopic (exact) mass is 362 g/mol. The number of nitrogens with zero attached hydrogens (tertiary/aromatic N) is 4. The fraction of sp³-hybridized carbons (Fsp3) is 0.286. The first-order chi connectivity index (χ1) is 12.9. The Kier molecular flexibility index (Phi) is 5.36. The maximum atomic E-state index is 5.02. The topological polar surface area (TPSA) is 42.5 Å². The van der Waals surface area contributed by atoms with Crippen LogP contribution in [0.3, 0.4) is 0 Å². The Morgan fingerprint density at radius 1 is 1.00 bits per heavy atom. The molecule has 1 aliphatic rings. The van der Waals surface area contributed by atoms with Crippen LogP contribution in [0.15, 0.2) is 70.2 Å². The fourth-order valence-electron chi connectivity index (χ4n) is 3.24. The summed E-state index contributed by atoms with van der Waals surface area (Å²) in [7, 11) is 0. The standard InChI is InChI=1S/C21H22N4S/c1-3-9-17(10-4-1)20-16-26-21(24-18-11-5-2-6-12-18)25(20)23-15-19-13-7-8-14-22-19/h1,3-4,7-10,13-16,18H,2,5-6,11-12H2. The summed E-state index contributed by atoms with van der Waals surface area (Å²) in [5.74, 6) is 0. The van der Waals surface area contributed by atoms with Gasteiger partial charge in [0.05, 0.1) is 23.6 Å². The fourth-order valence-corrected chi connectivity index (χ4v) is 4.15. The lowest BCUT2D eigenvalue weighted by Crippen LogP contribution is -2.19. The van der Waals surface area contributed by atoms with E-state index in [0.29, 0.717) is 6.04 Å². The SMILES string of the molecule is C(=Nn1c(-c2ccccc2)csc1=NC1CCCCC1)c1ccccn1. The number of thiazole rings is 1. The maximum Gasteiger partial charge on any atom is 0.206 e. The molecule has 3 aromatic rings. The molecular weight excluding hydrogens is 340 g/mol. The lowest BCUT2D eigenvalue weighted by molar-refractivity contribution is 0.435. The average molecular weight is 363 g/mol. The van der Waals surface area contributed by atoms with Crippen LogP contribution in [0.25, 0.3) is 11.3 Å². The molecule has 4 rings (SSSR count). The highest BCUT2D eigenvalue weighted by Gasteiger charge is 2.13. The van der Waals surface area contributed by atoms with E-state index < -0.39 is 0 Å². The van der Waals surface area contributed by atoms with Gasteiger partial charge in [0.2, 0.25) is 4.80 Å². The molecule has 1 aliphatic carbocycles. The summed E-state index contributed by atoms with van der Waals surface area (Å²) in [6, 6.07) is 16.6. The van der Waals surface area contributed by atoms with Gasteiger partial charge in [-0.1, -0.05) is 55.7 Å². The van der Waals surface area contributed by atoms with Crippen LogP contribution >= 0.6 is 11.3 Å². The van der Waals surface area contributed by atoms with Crippen molar-refractivity contribution in [3.05, 3.63) is 70.6 Å². The van der Waals surface area contributed by atoms with Gasteiger partial charge in [0.1, 0.15) is 0 Å². The molecule has 0 aliphatic heterocycles. The number of rotatable bonds is 4. The molecule has 4 nitrogen and oxygen atoms in total. The van der Waals surface area contributed by atoms with Crippen LogP contribution in [0.2, 0.25) is 0 Å². The molecule has 0 unspecified atom stereocenters. The first-order valence-corrected chi connectivity index (χ1v) is 10.0. The van der Waals surface area contributed by atoms with Crippen molar-refractivity contribution >= 4 is 17.6 Å². The molecule has 0 bridgehead atoms. The number of hydrogen-bond acceptors (Lipinski definition) is 4. The minimum absolute atomic E-state index is 0.419. The lowest BCUT2D eigenvalue weighted by Gasteiger charge is -2.16. The van der Waals surface area contributed by atoms with E-state index in [2.05, 4.69) is 34.6 Å². The van der Waals surface area contributed by atoms with Gasteiger partial charge < -0.3 is 0 Å². The molecule has 0 spiro atoms. The van der Waals surface area contributed by atoms with Crippen LogP contribution in [-0.4, -0.2) is 21.9 Å². The Morgan fingerprint density at radius 3 is 2.58 bits per heavy atom. The van der Waals surface area contributed by atoms with Crippen molar-refractivity contribution in [2.75, 3.05) is 0 Å². The highest BCUT2D eigenvalue weighted by atomic mass is 32.1. The summed E-state index contributed by atoms with van der Waals surface area (Å²) in [6.07, 6.45) is 9.85. The molecule has 0 amide bonds. The zero-order chi connectivity index (χ0) is 17.6. The van der Waals surface area contributed by atoms with Gasteiger partial charge in [0.15, 0.2) is 0 Å². The van der Waals surface area contributed by atoms with E-state index >= 15 is 0 Å². The third-order valence-electron chi connectivity index (χ3n) is 4.62. The normalized spacial score (nSPS) is 16.4. The number of hydrogen-bond donors (Lipinski definition) is 0. The summed E-state index contributed by atoms with van der Waals surface area (Å²) in [6.45, 7) is 0. The molecule has 1 saturated carbocycles. The Hall–Kier alpha value is -2.53. The van der Waals surface area contributed by atoms with E-state index in [1.165, 1.54) is 32.1 Å². The number of aromatic nitrogens is 2. The molecule has 0 atom stereocenters. The van der Waals surface area contributed by atoms with E-state index in [1.807, 2.05) is 28.9 Å². The van der Waals surface area contributed by atoms with Crippen molar-refractivity contribution < 1.29 is 0 Å². The highest BCUT2D eigenvalue weighted by Crippen LogP contribution is 2.22. The first-order valence-electron chi connectivity index (χ1n) is 9.15. The zero-order valence-corrected chi connectivity index (χ0v) is 15.5. The van der Waals surface area contributed by atoms with Crippen LogP contribution in [0, 0.1) is 0 Å². The zero-order valence-electron chi connectivity index (χ0n) is 14.7. The van der Waals surface area contributed by atoms with Crippen molar-refractivity contribution in [2.24, 2.45) is 10.1 Å². The molecule has 5 heteroatoms. The molecule has 1 aromatic carbocycles. The van der Waals surface area contributed by atoms with Crippen LogP contribution < -0.4 is 4.80 Å². The van der Waals surface area contributed by atoms with Crippen molar-refractivity contribution in [1.82, 2.24) is 9.66 Å². The average Bonchev–Trinajstić information content (AvgIpc) is 3.11. The molecule has 2 heterocycles. The predicted octanol–water partition coefficient (Wildman–Crippen LogP) is 4.73. The molecular formula is C21H22N4S. The van der Waals surface area contributed by atoms with Gasteiger partial charge in [-0.25, -0.2) is 4.68 Å². The van der Waals surface area contributed by atoms with E-state index in [0.717, 1.165) is 21.8 Å². The molecule has 132 valence electrons. The molecule has 0 saturated heterocycles. The molecule has 0 N–H and O–H groups in total. The van der Waals surface area contributed by atoms with Crippen molar-refractivity contribution in [3.63, 3.8) is 0 Å². The third kappa shape index (κ3) is 3.99. The second-order valence-electron chi connectivity index (χ2n) is 6.50. The molecule has 1 fully saturated rings. The van der Waals surface area contributed by atoms with Crippen LogP contribution in [0.4, 0.5) is 0 Å². The van der Waals surface area contributed by atoms with E-state index in [1.54, 1.807) is 23.7 Å². The number of pyridine rings is 1. The van der Waals surface area contributed by atoms with Gasteiger partial charge in [-0.3, -0.25) is 9.98 Å². The summed E-state index contributed by atoms with van der Waals surface area (Å²) in [5.41, 5.74) is 3.05. The minimum atomic E-state index is 0.419. The van der Waals surface area contributed by atoms with Gasteiger partial charge >= 0.3 is 0 Å². The van der Waals surface area contributed by atoms with Crippen LogP contribution in [-0.2, 0) is 0 Å². The Balaban J connectivity index is 1.75. The second kappa shape index (κ2) is 8.23. The summed E-state index contributed by atoms with van der Waals surface area (Å²) in [5, 5.41) is 6.87. The van der Waals surface area contributed by atoms with E-state index in [-0.39, 0.29) is 0 Å². The highest BCUT2D eigenvalue weighted by molar-refractivity contribution is 7.07. The largest absolute Gasteiger partial charge is 0.255 e. The Morgan fingerprint density at radius 2 is 1.81 bits per heavy atom. The van der Waals surface area contributed by atoms with Crippen molar-refractivity contribution in [3.8, 4) is 11.3 Å². The number of benzene rings is 1. The Bertz CT molecular complexity index is 919. The third-order valence-corrected chi connectivity index (χ3v) is 5.45. The Labute approximate surface area is 157 Å². The van der Waals surface area contributed by atoms with Crippen molar-refractivity contribution in [1.29, 1.82) is 0 Å². The molecule has 2 aromatic heterocycles. The second-order valence-corrected chi connectivity index (χ2v) is 7.34. The molecule has 0 radical (unpaired) electrons. The van der Waals surface area contributed by atoms with Gasteiger partial charge in [0, 0.05) is 17.1 Å². The van der Waals surface area contributed by atoms with Gasteiger partial charge in [0.25, 0.3) is 0 Å². The lowest BCUT2D eigenvalue weighted by atomic mass is 9.96. The van der Waals surface area contributed by atoms with E-state index in [4.69, 9.17) is 10.1 Å². The smallest absolute Gasteiger partial charge is 0.206 e. The predicted molar refractivity (Wildman–Crippen MR) is 107 cm³/mol. The minimum Gasteiger partial charge on any atom is -0.255 e. The first kappa shape index (κ1) is 16.9. The van der Waals surface area contributed by atoms with Crippen molar-refractivity contribution in [2.45, 2.75) is 38.1 Å². The summed E-state index contributed by atoms with van der Waals surface area (Å²) in [4.78, 5) is 10.3. The maximum absolute atomic E-state index is 5.02. The van der Waals surface area contributed by atoms with Crippen LogP contribution in [0.1, 0.15) is 37.8 Å². The van der Waals surface area contributed by atoms with Gasteiger partial charge in [-0.15, -0.1) is 11.3 Å². The van der Waals surface area contributed by atoms with Crippen LogP contribution in [0.5, 0.6) is 0 Å². The molecule has 26 heavy (non-hydrogen) atoms.